The molecule has 2 rings (SSSR count). The zero-order valence-corrected chi connectivity index (χ0v) is 12.3. The summed E-state index contributed by atoms with van der Waals surface area (Å²) in [6.07, 6.45) is -0.371. The lowest BCUT2D eigenvalue weighted by molar-refractivity contribution is 0.110. The Balaban J connectivity index is 1.94. The molecule has 1 aliphatic heterocycles. The van der Waals surface area contributed by atoms with Crippen molar-refractivity contribution in [2.45, 2.75) is 31.6 Å². The molecule has 0 saturated carbocycles. The van der Waals surface area contributed by atoms with Crippen LogP contribution in [0.2, 0.25) is 0 Å². The summed E-state index contributed by atoms with van der Waals surface area (Å²) >= 11 is 2.03. The molecule has 0 spiro atoms. The topological polar surface area (TPSA) is 23.5 Å². The van der Waals surface area contributed by atoms with Gasteiger partial charge in [-0.15, -0.1) is 0 Å². The van der Waals surface area contributed by atoms with E-state index in [1.54, 1.807) is 0 Å². The van der Waals surface area contributed by atoms with E-state index in [-0.39, 0.29) is 6.10 Å². The molecule has 1 aromatic carbocycles. The fourth-order valence-corrected chi connectivity index (χ4v) is 3.58. The molecule has 1 aromatic rings. The second-order valence-electron chi connectivity index (χ2n) is 5.77. The molecule has 0 aliphatic carbocycles. The molecule has 100 valence electrons. The predicted octanol–water partition coefficient (Wildman–Crippen LogP) is 2.86. The van der Waals surface area contributed by atoms with Crippen LogP contribution in [-0.4, -0.2) is 40.1 Å². The highest BCUT2D eigenvalue weighted by atomic mass is 32.2. The van der Waals surface area contributed by atoms with E-state index in [0.717, 1.165) is 31.0 Å². The number of aliphatic hydroxyl groups is 1. The van der Waals surface area contributed by atoms with Crippen LogP contribution in [-0.2, 0) is 0 Å². The lowest BCUT2D eigenvalue weighted by Gasteiger charge is -2.38. The highest BCUT2D eigenvalue weighted by Crippen LogP contribution is 2.30. The van der Waals surface area contributed by atoms with Gasteiger partial charge in [-0.2, -0.15) is 11.8 Å². The normalized spacial score (nSPS) is 21.8. The third-order valence-electron chi connectivity index (χ3n) is 3.40. The summed E-state index contributed by atoms with van der Waals surface area (Å²) in [7, 11) is 0. The number of hydrogen-bond acceptors (Lipinski definition) is 3. The predicted molar refractivity (Wildman–Crippen MR) is 79.1 cm³/mol. The van der Waals surface area contributed by atoms with Gasteiger partial charge in [0.15, 0.2) is 0 Å². The summed E-state index contributed by atoms with van der Waals surface area (Å²) in [5, 5.41) is 10.3. The van der Waals surface area contributed by atoms with Gasteiger partial charge in [0.2, 0.25) is 0 Å². The minimum Gasteiger partial charge on any atom is -0.387 e. The van der Waals surface area contributed by atoms with Gasteiger partial charge in [-0.05, 0) is 26.3 Å². The zero-order valence-electron chi connectivity index (χ0n) is 11.5. The second kappa shape index (κ2) is 5.64. The van der Waals surface area contributed by atoms with Gasteiger partial charge in [-0.25, -0.2) is 0 Å². The van der Waals surface area contributed by atoms with Crippen molar-refractivity contribution in [2.75, 3.05) is 25.4 Å². The van der Waals surface area contributed by atoms with Gasteiger partial charge in [0.1, 0.15) is 0 Å². The summed E-state index contributed by atoms with van der Waals surface area (Å²) in [5.41, 5.74) is 2.26. The maximum atomic E-state index is 10.3. The first-order chi connectivity index (χ1) is 8.46. The van der Waals surface area contributed by atoms with Crippen molar-refractivity contribution in [3.05, 3.63) is 35.4 Å². The van der Waals surface area contributed by atoms with Crippen molar-refractivity contribution in [3.8, 4) is 0 Å². The van der Waals surface area contributed by atoms with E-state index in [0.29, 0.717) is 4.75 Å². The van der Waals surface area contributed by atoms with Crippen molar-refractivity contribution in [3.63, 3.8) is 0 Å². The number of nitrogens with zero attached hydrogens (tertiary/aromatic N) is 1. The molecule has 0 radical (unpaired) electrons. The van der Waals surface area contributed by atoms with Crippen LogP contribution in [0.25, 0.3) is 0 Å². The fraction of sp³-hybridized carbons (Fsp3) is 0.600. The van der Waals surface area contributed by atoms with Crippen LogP contribution in [0.5, 0.6) is 0 Å². The number of thioether (sulfide) groups is 1. The molecule has 0 aromatic heterocycles. The standard InChI is InChI=1S/C15H23NOS/c1-12-4-6-13(7-5-12)14(17)10-16-8-9-18-15(2,3)11-16/h4-7,14,17H,8-11H2,1-3H3. The number of β-amino-alcohol motifs (C(OH)–C–C–N with tert-alkyl or cyclic N) is 1. The van der Waals surface area contributed by atoms with E-state index < -0.39 is 0 Å². The first-order valence-corrected chi connectivity index (χ1v) is 7.56. The molecule has 1 N–H and O–H groups in total. The van der Waals surface area contributed by atoms with Gasteiger partial charge >= 0.3 is 0 Å². The monoisotopic (exact) mass is 265 g/mol. The maximum Gasteiger partial charge on any atom is 0.0916 e. The van der Waals surface area contributed by atoms with E-state index in [2.05, 4.69) is 37.8 Å². The summed E-state index contributed by atoms with van der Waals surface area (Å²) in [6.45, 7) is 9.51. The van der Waals surface area contributed by atoms with Crippen molar-refractivity contribution in [1.82, 2.24) is 4.90 Å². The summed E-state index contributed by atoms with van der Waals surface area (Å²) in [5.74, 6) is 1.16. The Morgan fingerprint density at radius 2 is 2.00 bits per heavy atom. The Bertz CT molecular complexity index is 388. The average Bonchev–Trinajstić information content (AvgIpc) is 2.28. The van der Waals surface area contributed by atoms with Crippen molar-refractivity contribution >= 4 is 11.8 Å². The minimum atomic E-state index is -0.371. The molecule has 1 aliphatic rings. The van der Waals surface area contributed by atoms with Gasteiger partial charge < -0.3 is 5.11 Å². The van der Waals surface area contributed by atoms with Gasteiger partial charge in [-0.1, -0.05) is 29.8 Å². The minimum absolute atomic E-state index is 0.311. The summed E-state index contributed by atoms with van der Waals surface area (Å²) in [4.78, 5) is 2.38. The third kappa shape index (κ3) is 3.74. The Morgan fingerprint density at radius 3 is 2.61 bits per heavy atom. The Morgan fingerprint density at radius 1 is 1.33 bits per heavy atom. The van der Waals surface area contributed by atoms with Gasteiger partial charge in [0.25, 0.3) is 0 Å². The quantitative estimate of drug-likeness (QED) is 0.909. The number of hydrogen-bond donors (Lipinski definition) is 1. The first kappa shape index (κ1) is 13.9. The fourth-order valence-electron chi connectivity index (χ4n) is 2.41. The van der Waals surface area contributed by atoms with E-state index in [1.165, 1.54) is 5.56 Å². The van der Waals surface area contributed by atoms with E-state index in [9.17, 15) is 5.11 Å². The molecule has 1 heterocycles. The molecule has 1 fully saturated rings. The second-order valence-corrected chi connectivity index (χ2v) is 7.57. The lowest BCUT2D eigenvalue weighted by atomic mass is 10.1. The smallest absolute Gasteiger partial charge is 0.0916 e. The van der Waals surface area contributed by atoms with Crippen LogP contribution in [0, 0.1) is 6.92 Å². The molecule has 1 atom stereocenters. The molecule has 18 heavy (non-hydrogen) atoms. The Labute approximate surface area is 114 Å². The molecule has 2 nitrogen and oxygen atoms in total. The zero-order chi connectivity index (χ0) is 13.2. The van der Waals surface area contributed by atoms with Crippen LogP contribution in [0.1, 0.15) is 31.1 Å². The Kier molecular flexibility index (Phi) is 4.36. The SMILES string of the molecule is Cc1ccc(C(O)CN2CCSC(C)(C)C2)cc1. The Hall–Kier alpha value is -0.510. The summed E-state index contributed by atoms with van der Waals surface area (Å²) in [6, 6.07) is 8.19. The van der Waals surface area contributed by atoms with Crippen molar-refractivity contribution in [2.24, 2.45) is 0 Å². The van der Waals surface area contributed by atoms with Crippen molar-refractivity contribution < 1.29 is 5.11 Å². The molecule has 1 unspecified atom stereocenters. The molecular weight excluding hydrogens is 242 g/mol. The molecule has 0 amide bonds. The molecule has 1 saturated heterocycles. The molecule has 3 heteroatoms. The highest BCUT2D eigenvalue weighted by Gasteiger charge is 2.28. The van der Waals surface area contributed by atoms with Crippen LogP contribution in [0.4, 0.5) is 0 Å². The number of aryl methyl sites for hydroxylation is 1. The number of benzene rings is 1. The highest BCUT2D eigenvalue weighted by molar-refractivity contribution is 8.00. The largest absolute Gasteiger partial charge is 0.387 e. The number of aliphatic hydroxyl groups excluding tert-OH is 1. The summed E-state index contributed by atoms with van der Waals surface area (Å²) < 4.78 is 0.311. The van der Waals surface area contributed by atoms with Crippen LogP contribution < -0.4 is 0 Å². The van der Waals surface area contributed by atoms with Gasteiger partial charge in [0, 0.05) is 30.1 Å². The van der Waals surface area contributed by atoms with Gasteiger partial charge in [-0.3, -0.25) is 4.90 Å². The van der Waals surface area contributed by atoms with E-state index in [1.807, 2.05) is 23.9 Å². The molecule has 0 bridgehead atoms. The van der Waals surface area contributed by atoms with Gasteiger partial charge in [0.05, 0.1) is 6.10 Å². The third-order valence-corrected chi connectivity index (χ3v) is 4.70. The van der Waals surface area contributed by atoms with Crippen LogP contribution in [0.15, 0.2) is 24.3 Å². The number of rotatable bonds is 3. The lowest BCUT2D eigenvalue weighted by Crippen LogP contribution is -2.44. The van der Waals surface area contributed by atoms with Crippen molar-refractivity contribution in [1.29, 1.82) is 0 Å². The molecular formula is C15H23NOS. The first-order valence-electron chi connectivity index (χ1n) is 6.57. The van der Waals surface area contributed by atoms with Crippen LogP contribution in [0.3, 0.4) is 0 Å². The van der Waals surface area contributed by atoms with E-state index in [4.69, 9.17) is 0 Å². The average molecular weight is 265 g/mol. The van der Waals surface area contributed by atoms with E-state index >= 15 is 0 Å². The maximum absolute atomic E-state index is 10.3. The van der Waals surface area contributed by atoms with Crippen LogP contribution >= 0.6 is 11.8 Å².